The van der Waals surface area contributed by atoms with Gasteiger partial charge in [0, 0.05) is 13.1 Å². The zero-order valence-electron chi connectivity index (χ0n) is 13.3. The van der Waals surface area contributed by atoms with Crippen LogP contribution in [0.3, 0.4) is 0 Å². The molecule has 0 aliphatic carbocycles. The van der Waals surface area contributed by atoms with E-state index in [-0.39, 0.29) is 0 Å². The van der Waals surface area contributed by atoms with Crippen LogP contribution in [0.4, 0.5) is 0 Å². The van der Waals surface area contributed by atoms with E-state index in [4.69, 9.17) is 4.74 Å². The Kier molecular flexibility index (Phi) is 5.39. The van der Waals surface area contributed by atoms with E-state index in [9.17, 15) is 4.55 Å². The van der Waals surface area contributed by atoms with Crippen LogP contribution in [0.25, 0.3) is 5.57 Å². The molecule has 1 aliphatic rings. The summed E-state index contributed by atoms with van der Waals surface area (Å²) in [5.41, 5.74) is 2.62. The van der Waals surface area contributed by atoms with Crippen molar-refractivity contribution in [2.24, 2.45) is 0 Å². The third-order valence-corrected chi connectivity index (χ3v) is 5.55. The van der Waals surface area contributed by atoms with Gasteiger partial charge in [-0.3, -0.25) is 0 Å². The Bertz CT molecular complexity index is 655. The maximum atomic E-state index is 12.8. The van der Waals surface area contributed by atoms with Gasteiger partial charge < -0.3 is 9.29 Å². The highest BCUT2D eigenvalue weighted by molar-refractivity contribution is 7.89. The molecule has 1 heterocycles. The molecule has 1 aliphatic heterocycles. The molecule has 4 heteroatoms. The lowest BCUT2D eigenvalue weighted by atomic mass is 10.0. The average Bonchev–Trinajstić information content (AvgIpc) is 2.88. The fraction of sp³-hybridized carbons (Fsp3) is 0.263. The molecular weight excluding hydrogens is 306 g/mol. The van der Waals surface area contributed by atoms with Crippen LogP contribution in [-0.2, 0) is 11.4 Å². The highest BCUT2D eigenvalue weighted by Gasteiger charge is 2.24. The first kappa shape index (κ1) is 16.1. The second kappa shape index (κ2) is 7.68. The van der Waals surface area contributed by atoms with Crippen molar-refractivity contribution in [3.63, 3.8) is 0 Å². The molecule has 0 amide bonds. The van der Waals surface area contributed by atoms with Crippen LogP contribution in [0.5, 0.6) is 5.75 Å². The Balaban J connectivity index is 1.66. The quantitative estimate of drug-likeness (QED) is 0.799. The van der Waals surface area contributed by atoms with Gasteiger partial charge in [0.05, 0.1) is 18.5 Å². The third-order valence-electron chi connectivity index (χ3n) is 4.04. The maximum Gasteiger partial charge on any atom is 0.174 e. The minimum absolute atomic E-state index is 0.787. The molecule has 1 atom stereocenters. The first-order valence-electron chi connectivity index (χ1n) is 7.83. The summed E-state index contributed by atoms with van der Waals surface area (Å²) in [4.78, 5) is 0.828. The second-order valence-electron chi connectivity index (χ2n) is 5.49. The van der Waals surface area contributed by atoms with Crippen molar-refractivity contribution in [1.82, 2.24) is 4.31 Å². The van der Waals surface area contributed by atoms with Crippen molar-refractivity contribution in [3.05, 3.63) is 66.2 Å². The van der Waals surface area contributed by atoms with Gasteiger partial charge >= 0.3 is 0 Å². The standard InChI is InChI=1S/C19H21NO2S/c1-22-18-9-11-19(12-10-18)23(21)20-14-5-8-17(13-15-20)16-6-3-2-4-7-16/h2-4,6-12H,5,13-15H2,1H3. The molecule has 2 aromatic rings. The van der Waals surface area contributed by atoms with Crippen molar-refractivity contribution in [1.29, 1.82) is 0 Å². The van der Waals surface area contributed by atoms with Gasteiger partial charge in [-0.05, 0) is 48.2 Å². The molecule has 0 radical (unpaired) electrons. The van der Waals surface area contributed by atoms with Crippen LogP contribution in [0, 0.1) is 0 Å². The summed E-state index contributed by atoms with van der Waals surface area (Å²) in [5.74, 6) is 0.787. The molecule has 0 spiro atoms. The van der Waals surface area contributed by atoms with Crippen molar-refractivity contribution in [3.8, 4) is 5.75 Å². The Morgan fingerprint density at radius 2 is 1.74 bits per heavy atom. The minimum atomic E-state index is -1.12. The molecule has 0 bridgehead atoms. The maximum absolute atomic E-state index is 12.8. The molecule has 0 N–H and O–H groups in total. The summed E-state index contributed by atoms with van der Waals surface area (Å²) in [6.45, 7) is 1.62. The molecule has 2 aromatic carbocycles. The number of rotatable bonds is 4. The summed E-state index contributed by atoms with van der Waals surface area (Å²) in [5, 5.41) is 0. The topological polar surface area (TPSA) is 35.5 Å². The molecule has 0 fully saturated rings. The molecule has 3 nitrogen and oxygen atoms in total. The van der Waals surface area contributed by atoms with Gasteiger partial charge in [0.2, 0.25) is 0 Å². The summed E-state index contributed by atoms with van der Waals surface area (Å²) in [6.07, 6.45) is 4.12. The second-order valence-corrected chi connectivity index (χ2v) is 6.97. The first-order chi connectivity index (χ1) is 11.3. The van der Waals surface area contributed by atoms with Crippen LogP contribution in [0.2, 0.25) is 0 Å². The van der Waals surface area contributed by atoms with E-state index in [0.717, 1.165) is 36.6 Å². The average molecular weight is 327 g/mol. The van der Waals surface area contributed by atoms with Crippen LogP contribution >= 0.6 is 0 Å². The van der Waals surface area contributed by atoms with E-state index < -0.39 is 11.4 Å². The lowest BCUT2D eigenvalue weighted by molar-refractivity contribution is 0.413. The number of hydrogen-bond donors (Lipinski definition) is 0. The van der Waals surface area contributed by atoms with Gasteiger partial charge in [-0.1, -0.05) is 36.4 Å². The predicted molar refractivity (Wildman–Crippen MR) is 94.6 cm³/mol. The monoisotopic (exact) mass is 327 g/mol. The Labute approximate surface area is 140 Å². The lowest BCUT2D eigenvalue weighted by Crippen LogP contribution is -2.32. The van der Waals surface area contributed by atoms with E-state index in [2.05, 4.69) is 30.3 Å². The molecule has 120 valence electrons. The van der Waals surface area contributed by atoms with Crippen LogP contribution in [0.15, 0.2) is 65.6 Å². The van der Waals surface area contributed by atoms with Gasteiger partial charge in [0.1, 0.15) is 5.75 Å². The number of methoxy groups -OCH3 is 1. The zero-order chi connectivity index (χ0) is 16.1. The van der Waals surface area contributed by atoms with E-state index in [1.54, 1.807) is 7.11 Å². The number of ether oxygens (including phenoxy) is 1. The van der Waals surface area contributed by atoms with Crippen molar-refractivity contribution in [2.45, 2.75) is 17.7 Å². The number of hydrogen-bond acceptors (Lipinski definition) is 3. The van der Waals surface area contributed by atoms with E-state index >= 15 is 0 Å². The van der Waals surface area contributed by atoms with E-state index in [1.165, 1.54) is 11.1 Å². The molecule has 0 saturated heterocycles. The van der Waals surface area contributed by atoms with Gasteiger partial charge in [0.15, 0.2) is 4.90 Å². The zero-order valence-corrected chi connectivity index (χ0v) is 14.1. The molecule has 0 saturated carbocycles. The van der Waals surface area contributed by atoms with Crippen molar-refractivity contribution < 1.29 is 9.29 Å². The van der Waals surface area contributed by atoms with Crippen LogP contribution in [0.1, 0.15) is 18.4 Å². The van der Waals surface area contributed by atoms with E-state index in [0.29, 0.717) is 0 Å². The molecule has 3 rings (SSSR count). The van der Waals surface area contributed by atoms with Crippen LogP contribution < -0.4 is 4.74 Å². The highest BCUT2D eigenvalue weighted by atomic mass is 32.2. The summed E-state index contributed by atoms with van der Waals surface area (Å²) < 4.78 is 20.0. The first-order valence-corrected chi connectivity index (χ1v) is 8.94. The van der Waals surface area contributed by atoms with Gasteiger partial charge in [-0.2, -0.15) is 0 Å². The predicted octanol–water partition coefficient (Wildman–Crippen LogP) is 3.90. The molecule has 23 heavy (non-hydrogen) atoms. The minimum Gasteiger partial charge on any atom is -0.593 e. The smallest absolute Gasteiger partial charge is 0.174 e. The third kappa shape index (κ3) is 3.96. The fourth-order valence-corrected chi connectivity index (χ4v) is 3.96. The molecule has 0 aromatic heterocycles. The Morgan fingerprint density at radius 3 is 2.43 bits per heavy atom. The van der Waals surface area contributed by atoms with Gasteiger partial charge in [0.25, 0.3) is 0 Å². The Hall–Kier alpha value is -1.75. The lowest BCUT2D eigenvalue weighted by Gasteiger charge is -2.22. The molecular formula is C19H21NO2S. The van der Waals surface area contributed by atoms with Gasteiger partial charge in [-0.15, -0.1) is 4.31 Å². The van der Waals surface area contributed by atoms with E-state index in [1.807, 2.05) is 34.6 Å². The van der Waals surface area contributed by atoms with Crippen molar-refractivity contribution >= 4 is 16.9 Å². The summed E-state index contributed by atoms with van der Waals surface area (Å²) in [6, 6.07) is 17.9. The summed E-state index contributed by atoms with van der Waals surface area (Å²) >= 11 is -1.12. The number of benzene rings is 2. The fourth-order valence-electron chi connectivity index (χ4n) is 2.76. The largest absolute Gasteiger partial charge is 0.593 e. The molecule has 1 unspecified atom stereocenters. The van der Waals surface area contributed by atoms with Crippen molar-refractivity contribution in [2.75, 3.05) is 20.2 Å². The SMILES string of the molecule is COc1ccc([S+]([O-])N2CCC=C(c3ccccc3)CC2)cc1. The summed E-state index contributed by atoms with van der Waals surface area (Å²) in [7, 11) is 1.64. The van der Waals surface area contributed by atoms with Crippen LogP contribution in [-0.4, -0.2) is 29.1 Å². The Morgan fingerprint density at radius 1 is 1.00 bits per heavy atom. The normalized spacial score (nSPS) is 17.2. The van der Waals surface area contributed by atoms with Gasteiger partial charge in [-0.25, -0.2) is 0 Å². The highest BCUT2D eigenvalue weighted by Crippen LogP contribution is 2.26. The number of nitrogens with zero attached hydrogens (tertiary/aromatic N) is 1.